The van der Waals surface area contributed by atoms with Gasteiger partial charge in [-0.2, -0.15) is 0 Å². The van der Waals surface area contributed by atoms with Gasteiger partial charge >= 0.3 is 12.0 Å². The van der Waals surface area contributed by atoms with Crippen LogP contribution in [0.3, 0.4) is 0 Å². The molecule has 28 heavy (non-hydrogen) atoms. The molecule has 0 unspecified atom stereocenters. The van der Waals surface area contributed by atoms with Crippen LogP contribution in [-0.4, -0.2) is 29.7 Å². The number of nitrogens with one attached hydrogen (secondary N) is 2. The summed E-state index contributed by atoms with van der Waals surface area (Å²) in [6.45, 7) is 0.574. The Kier molecular flexibility index (Phi) is 7.06. The molecule has 1 saturated carbocycles. The number of carbonyl (C=O) groups excluding carboxylic acids is 1. The van der Waals surface area contributed by atoms with E-state index in [1.807, 2.05) is 36.4 Å². The highest BCUT2D eigenvalue weighted by Crippen LogP contribution is 2.27. The third-order valence-corrected chi connectivity index (χ3v) is 5.53. The first-order valence-corrected chi connectivity index (χ1v) is 10.0. The summed E-state index contributed by atoms with van der Waals surface area (Å²) in [5.41, 5.74) is 2.48. The van der Waals surface area contributed by atoms with Gasteiger partial charge in [0.15, 0.2) is 0 Å². The van der Waals surface area contributed by atoms with Crippen molar-refractivity contribution in [1.82, 2.24) is 10.6 Å². The van der Waals surface area contributed by atoms with E-state index in [2.05, 4.69) is 34.9 Å². The van der Waals surface area contributed by atoms with Crippen LogP contribution in [0.1, 0.15) is 49.1 Å². The van der Waals surface area contributed by atoms with Crippen LogP contribution in [-0.2, 0) is 4.79 Å². The Morgan fingerprint density at radius 2 is 1.43 bits per heavy atom. The van der Waals surface area contributed by atoms with Gasteiger partial charge in [-0.15, -0.1) is 0 Å². The Labute approximate surface area is 166 Å². The van der Waals surface area contributed by atoms with E-state index in [1.165, 1.54) is 11.1 Å². The lowest BCUT2D eigenvalue weighted by Gasteiger charge is -2.27. The maximum Gasteiger partial charge on any atom is 0.315 e. The predicted octanol–water partition coefficient (Wildman–Crippen LogP) is 4.15. The monoisotopic (exact) mass is 380 g/mol. The Morgan fingerprint density at radius 1 is 0.893 bits per heavy atom. The first-order valence-electron chi connectivity index (χ1n) is 10.0. The molecule has 1 aliphatic carbocycles. The topological polar surface area (TPSA) is 78.4 Å². The van der Waals surface area contributed by atoms with Gasteiger partial charge in [0.05, 0.1) is 5.92 Å². The minimum absolute atomic E-state index is 0.0645. The number of hydrogen-bond donors (Lipinski definition) is 3. The van der Waals surface area contributed by atoms with Gasteiger partial charge < -0.3 is 15.7 Å². The molecular formula is C23H28N2O3. The average Bonchev–Trinajstić information content (AvgIpc) is 2.73. The molecule has 0 bridgehead atoms. The zero-order valence-corrected chi connectivity index (χ0v) is 16.0. The van der Waals surface area contributed by atoms with Crippen molar-refractivity contribution in [1.29, 1.82) is 0 Å². The Hall–Kier alpha value is -2.82. The van der Waals surface area contributed by atoms with Crippen LogP contribution in [0.4, 0.5) is 4.79 Å². The van der Waals surface area contributed by atoms with E-state index < -0.39 is 5.97 Å². The maximum absolute atomic E-state index is 12.2. The number of carbonyl (C=O) groups is 2. The number of urea groups is 1. The lowest BCUT2D eigenvalue weighted by molar-refractivity contribution is -0.142. The van der Waals surface area contributed by atoms with Gasteiger partial charge in [0.2, 0.25) is 0 Å². The van der Waals surface area contributed by atoms with Crippen molar-refractivity contribution >= 4 is 12.0 Å². The Bertz CT molecular complexity index is 716. The van der Waals surface area contributed by atoms with Crippen LogP contribution < -0.4 is 10.6 Å². The summed E-state index contributed by atoms with van der Waals surface area (Å²) in [5, 5.41) is 15.0. The molecule has 2 amide bonds. The van der Waals surface area contributed by atoms with E-state index in [0.717, 1.165) is 19.3 Å². The second kappa shape index (κ2) is 9.93. The standard InChI is InChI=1S/C23H28N2O3/c26-22(27)19-11-13-20(14-12-19)25-23(28)24-16-15-21(17-7-3-1-4-8-17)18-9-5-2-6-10-18/h1-10,19-21H,11-16H2,(H,26,27)(H2,24,25,28). The molecule has 0 atom stereocenters. The second-order valence-electron chi connectivity index (χ2n) is 7.45. The van der Waals surface area contributed by atoms with Gasteiger partial charge in [-0.1, -0.05) is 60.7 Å². The third kappa shape index (κ3) is 5.59. The lowest BCUT2D eigenvalue weighted by atomic mass is 9.86. The van der Waals surface area contributed by atoms with Gasteiger partial charge in [0.1, 0.15) is 0 Å². The average molecular weight is 380 g/mol. The van der Waals surface area contributed by atoms with Crippen LogP contribution in [0.2, 0.25) is 0 Å². The zero-order valence-electron chi connectivity index (χ0n) is 16.0. The fourth-order valence-corrected chi connectivity index (χ4v) is 3.95. The molecule has 5 nitrogen and oxygen atoms in total. The van der Waals surface area contributed by atoms with Gasteiger partial charge in [-0.05, 0) is 43.2 Å². The molecule has 1 aliphatic rings. The Morgan fingerprint density at radius 3 is 1.93 bits per heavy atom. The van der Waals surface area contributed by atoms with Gasteiger partial charge in [-0.25, -0.2) is 4.79 Å². The van der Waals surface area contributed by atoms with Gasteiger partial charge in [-0.3, -0.25) is 4.79 Å². The number of amides is 2. The first-order chi connectivity index (χ1) is 13.6. The molecule has 3 N–H and O–H groups in total. The fourth-order valence-electron chi connectivity index (χ4n) is 3.95. The number of benzene rings is 2. The summed E-state index contributed by atoms with van der Waals surface area (Å²) in [7, 11) is 0. The van der Waals surface area contributed by atoms with Crippen molar-refractivity contribution in [3.8, 4) is 0 Å². The largest absolute Gasteiger partial charge is 0.481 e. The molecule has 0 radical (unpaired) electrons. The molecule has 0 spiro atoms. The number of aliphatic carboxylic acids is 1. The van der Waals surface area contributed by atoms with Gasteiger partial charge in [0.25, 0.3) is 0 Å². The van der Waals surface area contributed by atoms with Crippen molar-refractivity contribution in [2.45, 2.75) is 44.1 Å². The summed E-state index contributed by atoms with van der Waals surface area (Å²) in [5.74, 6) is -0.761. The molecule has 148 valence electrons. The summed E-state index contributed by atoms with van der Waals surface area (Å²) in [6, 6.07) is 20.6. The molecular weight excluding hydrogens is 352 g/mol. The van der Waals surface area contributed by atoms with Crippen molar-refractivity contribution in [3.63, 3.8) is 0 Å². The maximum atomic E-state index is 12.2. The Balaban J connectivity index is 1.49. The fraction of sp³-hybridized carbons (Fsp3) is 0.391. The quantitative estimate of drug-likeness (QED) is 0.675. The van der Waals surface area contributed by atoms with E-state index in [-0.39, 0.29) is 23.9 Å². The van der Waals surface area contributed by atoms with Crippen molar-refractivity contribution in [2.24, 2.45) is 5.92 Å². The van der Waals surface area contributed by atoms with Crippen LogP contribution >= 0.6 is 0 Å². The minimum atomic E-state index is -0.726. The van der Waals surface area contributed by atoms with Crippen molar-refractivity contribution < 1.29 is 14.7 Å². The van der Waals surface area contributed by atoms with E-state index in [4.69, 9.17) is 5.11 Å². The van der Waals surface area contributed by atoms with Crippen LogP contribution in [0.25, 0.3) is 0 Å². The molecule has 3 rings (SSSR count). The lowest BCUT2D eigenvalue weighted by Crippen LogP contribution is -2.44. The summed E-state index contributed by atoms with van der Waals surface area (Å²) >= 11 is 0. The normalized spacial score (nSPS) is 19.2. The number of hydrogen-bond acceptors (Lipinski definition) is 2. The number of carboxylic acid groups (broad SMARTS) is 1. The number of rotatable bonds is 7. The molecule has 1 fully saturated rings. The molecule has 0 heterocycles. The molecule has 5 heteroatoms. The second-order valence-corrected chi connectivity index (χ2v) is 7.45. The van der Waals surface area contributed by atoms with Crippen molar-refractivity contribution in [2.75, 3.05) is 6.54 Å². The van der Waals surface area contributed by atoms with Crippen LogP contribution in [0.15, 0.2) is 60.7 Å². The highest BCUT2D eigenvalue weighted by molar-refractivity contribution is 5.74. The van der Waals surface area contributed by atoms with Gasteiger partial charge in [0, 0.05) is 18.5 Å². The summed E-state index contributed by atoms with van der Waals surface area (Å²) < 4.78 is 0. The number of carboxylic acids is 1. The van der Waals surface area contributed by atoms with E-state index in [9.17, 15) is 9.59 Å². The van der Waals surface area contributed by atoms with Crippen LogP contribution in [0.5, 0.6) is 0 Å². The molecule has 2 aromatic carbocycles. The molecule has 0 aliphatic heterocycles. The molecule has 2 aromatic rings. The molecule has 0 saturated heterocycles. The van der Waals surface area contributed by atoms with Crippen LogP contribution in [0, 0.1) is 5.92 Å². The van der Waals surface area contributed by atoms with E-state index in [1.54, 1.807) is 0 Å². The SMILES string of the molecule is O=C(NCCC(c1ccccc1)c1ccccc1)NC1CCC(C(=O)O)CC1. The van der Waals surface area contributed by atoms with E-state index >= 15 is 0 Å². The minimum Gasteiger partial charge on any atom is -0.481 e. The molecule has 0 aromatic heterocycles. The van der Waals surface area contributed by atoms with E-state index in [0.29, 0.717) is 19.4 Å². The smallest absolute Gasteiger partial charge is 0.315 e. The van der Waals surface area contributed by atoms with Crippen molar-refractivity contribution in [3.05, 3.63) is 71.8 Å². The highest BCUT2D eigenvalue weighted by Gasteiger charge is 2.26. The zero-order chi connectivity index (χ0) is 19.8. The predicted molar refractivity (Wildman–Crippen MR) is 109 cm³/mol. The summed E-state index contributed by atoms with van der Waals surface area (Å²) in [4.78, 5) is 23.3. The third-order valence-electron chi connectivity index (χ3n) is 5.53. The highest BCUT2D eigenvalue weighted by atomic mass is 16.4. The first kappa shape index (κ1) is 19.9. The summed E-state index contributed by atoms with van der Waals surface area (Å²) in [6.07, 6.45) is 3.52.